The summed E-state index contributed by atoms with van der Waals surface area (Å²) >= 11 is 0. The number of carbonyl (C=O) groups excluding carboxylic acids is 2. The Morgan fingerprint density at radius 2 is 0.744 bits per heavy atom. The molecule has 0 rings (SSSR count). The van der Waals surface area contributed by atoms with E-state index in [9.17, 15) is 24.9 Å². The van der Waals surface area contributed by atoms with E-state index in [1.54, 1.807) is 0 Å². The summed E-state index contributed by atoms with van der Waals surface area (Å²) < 4.78 is 0. The topological polar surface area (TPSA) is 121 Å². The van der Waals surface area contributed by atoms with E-state index in [4.69, 9.17) is 5.11 Å². The van der Waals surface area contributed by atoms with Crippen molar-refractivity contribution in [3.05, 3.63) is 0 Å². The van der Waals surface area contributed by atoms with Crippen molar-refractivity contribution in [2.24, 2.45) is 0 Å². The summed E-state index contributed by atoms with van der Waals surface area (Å²) in [4.78, 5) is 20.5. The van der Waals surface area contributed by atoms with Crippen LogP contribution in [0.15, 0.2) is 0 Å². The largest absolute Gasteiger partial charge is 2.00 e. The molecule has 7 heteroatoms. The van der Waals surface area contributed by atoms with Crippen LogP contribution in [0.5, 0.6) is 0 Å². The Bertz CT molecular complexity index is 560. The number of carbonyl (C=O) groups is 2. The molecular weight excluding hydrogens is 568 g/mol. The van der Waals surface area contributed by atoms with E-state index in [2.05, 4.69) is 13.8 Å². The molecule has 0 amide bonds. The zero-order valence-corrected chi connectivity index (χ0v) is 30.8. The molecule has 0 saturated heterocycles. The standard InChI is InChI=1S/2C18H36O3.Ca/c1-2-3-4-5-6-7-8-9-11-14-17(19)15-12-10-13-16-18(20)21;1-2-3-4-5-6-7-8-9-10-11-12-13-14-15-16-17(19)18(20)21;/h2*17,19H,2-16H2,1H3,(H,20,21);/q;;+2/p-2. The fourth-order valence-corrected chi connectivity index (χ4v) is 5.31. The molecule has 0 aromatic carbocycles. The first-order valence-corrected chi connectivity index (χ1v) is 18.1. The summed E-state index contributed by atoms with van der Waals surface area (Å²) in [5, 5.41) is 39.4. The normalized spacial score (nSPS) is 12.2. The SMILES string of the molecule is CCCCCCCCCCCC(O)CCCCCC(=O)[O-].CCCCCCCCCCCCCCCCC(O)C(=O)[O-].[Ca+2]. The fraction of sp³-hybridized carbons (Fsp3) is 0.944. The summed E-state index contributed by atoms with van der Waals surface area (Å²) in [7, 11) is 0. The van der Waals surface area contributed by atoms with Crippen molar-refractivity contribution in [3.63, 3.8) is 0 Å². The Labute approximate surface area is 296 Å². The first kappa shape index (κ1) is 47.5. The van der Waals surface area contributed by atoms with Gasteiger partial charge in [-0.2, -0.15) is 0 Å². The molecular formula is C36H70CaO6. The van der Waals surface area contributed by atoms with E-state index in [0.29, 0.717) is 12.8 Å². The third-order valence-electron chi connectivity index (χ3n) is 8.16. The van der Waals surface area contributed by atoms with Gasteiger partial charge in [0, 0.05) is 5.97 Å². The molecule has 2 N–H and O–H groups in total. The number of aliphatic carboxylic acids is 2. The minimum atomic E-state index is -1.34. The Morgan fingerprint density at radius 1 is 0.465 bits per heavy atom. The van der Waals surface area contributed by atoms with Crippen LogP contribution in [0.25, 0.3) is 0 Å². The van der Waals surface area contributed by atoms with Crippen LogP contribution in [0.2, 0.25) is 0 Å². The number of unbranched alkanes of at least 4 members (excludes halogenated alkanes) is 23. The Morgan fingerprint density at radius 3 is 1.05 bits per heavy atom. The molecule has 0 aliphatic carbocycles. The predicted molar refractivity (Wildman–Crippen MR) is 178 cm³/mol. The van der Waals surface area contributed by atoms with Crippen molar-refractivity contribution in [1.29, 1.82) is 0 Å². The van der Waals surface area contributed by atoms with Crippen molar-refractivity contribution < 1.29 is 30.0 Å². The van der Waals surface area contributed by atoms with Crippen LogP contribution in [0.4, 0.5) is 0 Å². The summed E-state index contributed by atoms with van der Waals surface area (Å²) in [6, 6.07) is 0. The monoisotopic (exact) mass is 638 g/mol. The Hall–Kier alpha value is 0.120. The van der Waals surface area contributed by atoms with Gasteiger partial charge in [0.05, 0.1) is 18.2 Å². The minimum Gasteiger partial charge on any atom is -0.550 e. The molecule has 0 aliphatic rings. The molecule has 43 heavy (non-hydrogen) atoms. The maximum absolute atomic E-state index is 10.3. The molecule has 0 spiro atoms. The second kappa shape index (κ2) is 40.1. The molecule has 0 fully saturated rings. The first-order valence-electron chi connectivity index (χ1n) is 18.1. The van der Waals surface area contributed by atoms with Gasteiger partial charge in [0.15, 0.2) is 0 Å². The molecule has 6 nitrogen and oxygen atoms in total. The van der Waals surface area contributed by atoms with Gasteiger partial charge in [0.25, 0.3) is 0 Å². The summed E-state index contributed by atoms with van der Waals surface area (Å²) in [6.07, 6.45) is 32.8. The molecule has 2 unspecified atom stereocenters. The fourth-order valence-electron chi connectivity index (χ4n) is 5.31. The van der Waals surface area contributed by atoms with Gasteiger partial charge in [-0.05, 0) is 32.1 Å². The third kappa shape index (κ3) is 44.3. The van der Waals surface area contributed by atoms with E-state index in [1.165, 1.54) is 122 Å². The van der Waals surface area contributed by atoms with Crippen LogP contribution in [0, 0.1) is 0 Å². The zero-order chi connectivity index (χ0) is 31.5. The quantitative estimate of drug-likeness (QED) is 0.0580. The summed E-state index contributed by atoms with van der Waals surface area (Å²) in [5.74, 6) is -2.31. The molecule has 0 saturated carbocycles. The first-order chi connectivity index (χ1) is 20.3. The number of rotatable bonds is 32. The van der Waals surface area contributed by atoms with Crippen LogP contribution in [0.3, 0.4) is 0 Å². The molecule has 0 aromatic rings. The van der Waals surface area contributed by atoms with E-state index in [-0.39, 0.29) is 50.3 Å². The van der Waals surface area contributed by atoms with E-state index < -0.39 is 18.0 Å². The molecule has 0 aromatic heterocycles. The average Bonchev–Trinajstić information content (AvgIpc) is 2.96. The molecule has 2 atom stereocenters. The summed E-state index contributed by atoms with van der Waals surface area (Å²) in [6.45, 7) is 4.50. The van der Waals surface area contributed by atoms with Gasteiger partial charge in [-0.3, -0.25) is 0 Å². The molecule has 0 radical (unpaired) electrons. The van der Waals surface area contributed by atoms with Crippen molar-refractivity contribution in [2.45, 2.75) is 219 Å². The van der Waals surface area contributed by atoms with Crippen molar-refractivity contribution >= 4 is 49.7 Å². The van der Waals surface area contributed by atoms with E-state index in [1.807, 2.05) is 0 Å². The zero-order valence-electron chi connectivity index (χ0n) is 28.6. The van der Waals surface area contributed by atoms with E-state index in [0.717, 1.165) is 51.4 Å². The second-order valence-corrected chi connectivity index (χ2v) is 12.5. The maximum Gasteiger partial charge on any atom is 2.00 e. The third-order valence-corrected chi connectivity index (χ3v) is 8.16. The van der Waals surface area contributed by atoms with Crippen LogP contribution in [-0.2, 0) is 9.59 Å². The smallest absolute Gasteiger partial charge is 0.550 e. The van der Waals surface area contributed by atoms with E-state index >= 15 is 0 Å². The van der Waals surface area contributed by atoms with Crippen molar-refractivity contribution in [1.82, 2.24) is 0 Å². The minimum absolute atomic E-state index is 0. The van der Waals surface area contributed by atoms with Gasteiger partial charge in [-0.25, -0.2) is 0 Å². The van der Waals surface area contributed by atoms with Crippen LogP contribution in [0.1, 0.15) is 206 Å². The maximum atomic E-state index is 10.3. The number of carboxylic acid groups (broad SMARTS) is 2. The average molecular weight is 639 g/mol. The predicted octanol–water partition coefficient (Wildman–Crippen LogP) is 7.56. The number of aliphatic hydroxyl groups is 2. The van der Waals surface area contributed by atoms with Gasteiger partial charge in [-0.15, -0.1) is 0 Å². The van der Waals surface area contributed by atoms with Gasteiger partial charge in [-0.1, -0.05) is 174 Å². The second-order valence-electron chi connectivity index (χ2n) is 12.5. The van der Waals surface area contributed by atoms with Crippen molar-refractivity contribution in [2.75, 3.05) is 0 Å². The molecule has 0 bridgehead atoms. The van der Waals surface area contributed by atoms with Crippen LogP contribution >= 0.6 is 0 Å². The molecule has 0 heterocycles. The van der Waals surface area contributed by atoms with Crippen LogP contribution < -0.4 is 10.2 Å². The van der Waals surface area contributed by atoms with Gasteiger partial charge in [0.1, 0.15) is 0 Å². The van der Waals surface area contributed by atoms with Gasteiger partial charge >= 0.3 is 37.7 Å². The molecule has 0 aliphatic heterocycles. The number of hydrogen-bond acceptors (Lipinski definition) is 6. The van der Waals surface area contributed by atoms with Gasteiger partial charge in [0.2, 0.25) is 0 Å². The van der Waals surface area contributed by atoms with Crippen molar-refractivity contribution in [3.8, 4) is 0 Å². The number of carboxylic acids is 2. The molecule has 252 valence electrons. The Balaban J connectivity index is -0.000000727. The number of hydrogen-bond donors (Lipinski definition) is 2. The van der Waals surface area contributed by atoms with Crippen LogP contribution in [-0.4, -0.2) is 72.1 Å². The number of aliphatic hydroxyl groups excluding tert-OH is 2. The summed E-state index contributed by atoms with van der Waals surface area (Å²) in [5.41, 5.74) is 0. The Kier molecular flexibility index (Phi) is 44.4. The van der Waals surface area contributed by atoms with Gasteiger partial charge < -0.3 is 30.0 Å².